The maximum Gasteiger partial charge on any atom is 0.488 e. The first-order valence-corrected chi connectivity index (χ1v) is 18.2. The molecule has 1 atom stereocenters. The fraction of sp³-hybridized carbons (Fsp3) is 0.171. The van der Waals surface area contributed by atoms with E-state index in [1.54, 1.807) is 17.0 Å². The predicted octanol–water partition coefficient (Wildman–Crippen LogP) is 4.21. The molecule has 3 amide bonds. The molecule has 1 fully saturated rings. The van der Waals surface area contributed by atoms with Gasteiger partial charge in [0, 0.05) is 55.0 Å². The molecule has 13 nitrogen and oxygen atoms in total. The second-order valence-corrected chi connectivity index (χ2v) is 13.5. The summed E-state index contributed by atoms with van der Waals surface area (Å²) in [7, 11) is -1.55. The number of anilines is 1. The van der Waals surface area contributed by atoms with Crippen LogP contribution in [-0.4, -0.2) is 72.6 Å². The van der Waals surface area contributed by atoms with Crippen LogP contribution in [0.2, 0.25) is 0 Å². The fourth-order valence-electron chi connectivity index (χ4n) is 6.46. The molecule has 7 rings (SSSR count). The molecule has 0 spiro atoms. The molecule has 59 heavy (non-hydrogen) atoms. The van der Waals surface area contributed by atoms with Gasteiger partial charge in [0.25, 0.3) is 11.8 Å². The topological polar surface area (TPSA) is 189 Å². The molecule has 2 aromatic heterocycles. The van der Waals surface area contributed by atoms with Gasteiger partial charge in [-0.15, -0.1) is 0 Å². The highest BCUT2D eigenvalue weighted by Crippen LogP contribution is 2.34. The van der Waals surface area contributed by atoms with Crippen LogP contribution in [-0.2, 0) is 17.9 Å². The van der Waals surface area contributed by atoms with Crippen molar-refractivity contribution in [2.45, 2.75) is 32.0 Å². The number of likely N-dealkylation sites (tertiary alicyclic amines) is 1. The van der Waals surface area contributed by atoms with Crippen LogP contribution in [0.3, 0.4) is 0 Å². The van der Waals surface area contributed by atoms with Crippen LogP contribution in [0, 0.1) is 23.3 Å². The molecule has 302 valence electrons. The van der Waals surface area contributed by atoms with Crippen LogP contribution in [0.1, 0.15) is 50.7 Å². The van der Waals surface area contributed by atoms with E-state index >= 15 is 0 Å². The van der Waals surface area contributed by atoms with Gasteiger partial charge in [0.05, 0.1) is 11.4 Å². The number of halogens is 4. The summed E-state index contributed by atoms with van der Waals surface area (Å²) >= 11 is 0. The van der Waals surface area contributed by atoms with Crippen molar-refractivity contribution in [2.24, 2.45) is 0 Å². The van der Waals surface area contributed by atoms with E-state index in [2.05, 4.69) is 27.2 Å². The van der Waals surface area contributed by atoms with Crippen molar-refractivity contribution >= 4 is 47.2 Å². The standard InChI is InChI=1S/C27H25F2N7O2.C14H12BF2NO3/c1-2-22(37)35-9-3-4-21(14-35)36-26-23(25(30)32-15-33-26)24(34-36)17-7-5-16(6-8-17)13-31-27(38)18-10-19(28)12-20(29)11-18;16-12-5-10(6-13(17)7-12)14(19)18-8-9-1-3-11(4-2-9)15(20)21/h2,5-8,10-12,15,21H,1,3-4,9,13-14H2,(H,31,38)(H2,30,32,33);1-7,20-21H,8H2,(H,18,19)/t21-;/m1./s1. The Morgan fingerprint density at radius 2 is 1.34 bits per heavy atom. The minimum atomic E-state index is -1.55. The predicted molar refractivity (Wildman–Crippen MR) is 212 cm³/mol. The van der Waals surface area contributed by atoms with Gasteiger partial charge in [-0.3, -0.25) is 14.4 Å². The van der Waals surface area contributed by atoms with Gasteiger partial charge in [-0.2, -0.15) is 5.10 Å². The van der Waals surface area contributed by atoms with E-state index in [1.807, 2.05) is 28.9 Å². The molecule has 6 aromatic rings. The van der Waals surface area contributed by atoms with Crippen molar-refractivity contribution in [2.75, 3.05) is 18.8 Å². The third-order valence-electron chi connectivity index (χ3n) is 9.41. The van der Waals surface area contributed by atoms with Gasteiger partial charge in [-0.05, 0) is 59.8 Å². The Labute approximate surface area is 335 Å². The minimum Gasteiger partial charge on any atom is -0.423 e. The van der Waals surface area contributed by atoms with Gasteiger partial charge >= 0.3 is 7.12 Å². The summed E-state index contributed by atoms with van der Waals surface area (Å²) in [6.07, 6.45) is 4.36. The number of nitrogens with one attached hydrogen (secondary N) is 2. The number of carbonyl (C=O) groups excluding carboxylic acids is 3. The Balaban J connectivity index is 0.000000236. The van der Waals surface area contributed by atoms with Gasteiger partial charge < -0.3 is 31.3 Å². The average molecular weight is 809 g/mol. The van der Waals surface area contributed by atoms with Crippen LogP contribution < -0.4 is 21.8 Å². The zero-order valence-electron chi connectivity index (χ0n) is 31.3. The molecule has 6 N–H and O–H groups in total. The molecule has 1 aliphatic heterocycles. The Bertz CT molecular complexity index is 2460. The van der Waals surface area contributed by atoms with E-state index in [1.165, 1.54) is 24.5 Å². The van der Waals surface area contributed by atoms with Crippen molar-refractivity contribution in [1.82, 2.24) is 35.3 Å². The van der Waals surface area contributed by atoms with Crippen molar-refractivity contribution in [3.8, 4) is 11.3 Å². The largest absolute Gasteiger partial charge is 0.488 e. The Morgan fingerprint density at radius 3 is 1.85 bits per heavy atom. The summed E-state index contributed by atoms with van der Waals surface area (Å²) < 4.78 is 54.7. The van der Waals surface area contributed by atoms with Crippen LogP contribution in [0.25, 0.3) is 22.3 Å². The van der Waals surface area contributed by atoms with Crippen LogP contribution >= 0.6 is 0 Å². The SMILES string of the molecule is C=CC(=O)N1CCC[C@@H](n2nc(-c3ccc(CNC(=O)c4cc(F)cc(F)c4)cc3)c3c(N)ncnc32)C1.O=C(NCc1ccc(B(O)O)cc1)c1cc(F)cc(F)c1. The first-order chi connectivity index (χ1) is 28.3. The zero-order valence-corrected chi connectivity index (χ0v) is 31.3. The molecule has 1 aliphatic rings. The summed E-state index contributed by atoms with van der Waals surface area (Å²) in [5.41, 5.74) is 9.83. The molecule has 0 saturated carbocycles. The van der Waals surface area contributed by atoms with Crippen molar-refractivity contribution in [3.05, 3.63) is 149 Å². The number of piperidine rings is 1. The number of fused-ring (bicyclic) bond motifs is 1. The first-order valence-electron chi connectivity index (χ1n) is 18.2. The van der Waals surface area contributed by atoms with Gasteiger partial charge in [0.15, 0.2) is 5.65 Å². The molecular weight excluding hydrogens is 771 g/mol. The van der Waals surface area contributed by atoms with Gasteiger partial charge in [0.1, 0.15) is 41.1 Å². The quantitative estimate of drug-likeness (QED) is 0.0768. The highest BCUT2D eigenvalue weighted by molar-refractivity contribution is 6.58. The van der Waals surface area contributed by atoms with Crippen LogP contribution in [0.4, 0.5) is 23.4 Å². The summed E-state index contributed by atoms with van der Waals surface area (Å²) in [5, 5.41) is 28.6. The minimum absolute atomic E-state index is 0.0830. The molecule has 1 saturated heterocycles. The van der Waals surface area contributed by atoms with Gasteiger partial charge in [-0.1, -0.05) is 55.1 Å². The first kappa shape index (κ1) is 41.7. The highest BCUT2D eigenvalue weighted by atomic mass is 19.1. The molecule has 3 heterocycles. The third-order valence-corrected chi connectivity index (χ3v) is 9.41. The second-order valence-electron chi connectivity index (χ2n) is 13.5. The normalized spacial score (nSPS) is 13.6. The Hall–Kier alpha value is -6.92. The smallest absolute Gasteiger partial charge is 0.423 e. The van der Waals surface area contributed by atoms with Gasteiger partial charge in [-0.25, -0.2) is 32.2 Å². The van der Waals surface area contributed by atoms with Crippen LogP contribution in [0.5, 0.6) is 0 Å². The molecule has 4 aromatic carbocycles. The number of hydrogen-bond acceptors (Lipinski definition) is 9. The van der Waals surface area contributed by atoms with E-state index in [9.17, 15) is 31.9 Å². The number of benzene rings is 4. The molecule has 0 aliphatic carbocycles. The zero-order chi connectivity index (χ0) is 42.2. The lowest BCUT2D eigenvalue weighted by molar-refractivity contribution is -0.127. The summed E-state index contributed by atoms with van der Waals surface area (Å²) in [6.45, 7) is 5.05. The number of hydrogen-bond donors (Lipinski definition) is 5. The average Bonchev–Trinajstić information content (AvgIpc) is 3.62. The number of rotatable bonds is 10. The molecular formula is C41H37BF4N8O5. The Morgan fingerprint density at radius 1 is 0.814 bits per heavy atom. The lowest BCUT2D eigenvalue weighted by atomic mass is 9.80. The molecule has 18 heteroatoms. The highest BCUT2D eigenvalue weighted by Gasteiger charge is 2.28. The van der Waals surface area contributed by atoms with Crippen LogP contribution in [0.15, 0.2) is 104 Å². The summed E-state index contributed by atoms with van der Waals surface area (Å²) in [6, 6.07) is 18.7. The number of amides is 3. The van der Waals surface area contributed by atoms with E-state index in [-0.39, 0.29) is 36.2 Å². The monoisotopic (exact) mass is 808 g/mol. The lowest BCUT2D eigenvalue weighted by Gasteiger charge is -2.32. The lowest BCUT2D eigenvalue weighted by Crippen LogP contribution is -2.40. The maximum absolute atomic E-state index is 13.4. The number of carbonyl (C=O) groups is 3. The number of nitrogens with zero attached hydrogens (tertiary/aromatic N) is 5. The maximum atomic E-state index is 13.4. The van der Waals surface area contributed by atoms with Crippen molar-refractivity contribution < 1.29 is 42.0 Å². The van der Waals surface area contributed by atoms with Crippen molar-refractivity contribution in [1.29, 1.82) is 0 Å². The number of aromatic nitrogens is 4. The molecule has 0 unspecified atom stereocenters. The van der Waals surface area contributed by atoms with Crippen molar-refractivity contribution in [3.63, 3.8) is 0 Å². The van der Waals surface area contributed by atoms with E-state index in [0.29, 0.717) is 58.8 Å². The van der Waals surface area contributed by atoms with E-state index < -0.39 is 42.2 Å². The second kappa shape index (κ2) is 18.6. The van der Waals surface area contributed by atoms with Gasteiger partial charge in [0.2, 0.25) is 5.91 Å². The van der Waals surface area contributed by atoms with E-state index in [0.717, 1.165) is 48.2 Å². The molecule has 0 bridgehead atoms. The Kier molecular flexibility index (Phi) is 13.1. The van der Waals surface area contributed by atoms with E-state index in [4.69, 9.17) is 20.9 Å². The number of nitrogens with two attached hydrogens (primary N) is 1. The summed E-state index contributed by atoms with van der Waals surface area (Å²) in [4.78, 5) is 46.6. The molecule has 0 radical (unpaired) electrons. The third kappa shape index (κ3) is 10.3. The summed E-state index contributed by atoms with van der Waals surface area (Å²) in [5.74, 6) is -4.28. The fourth-order valence-corrected chi connectivity index (χ4v) is 6.46. The number of nitrogen functional groups attached to an aromatic ring is 1.